The van der Waals surface area contributed by atoms with E-state index in [2.05, 4.69) is 9.97 Å². The molecule has 3 rings (SSSR count). The third kappa shape index (κ3) is 2.62. The Morgan fingerprint density at radius 3 is 2.87 bits per heavy atom. The Morgan fingerprint density at radius 2 is 2.13 bits per heavy atom. The van der Waals surface area contributed by atoms with Gasteiger partial charge < -0.3 is 19.2 Å². The molecule has 1 N–H and O–H groups in total. The first kappa shape index (κ1) is 15.3. The maximum Gasteiger partial charge on any atom is 0.355 e. The van der Waals surface area contributed by atoms with Gasteiger partial charge in [0.1, 0.15) is 5.69 Å². The van der Waals surface area contributed by atoms with E-state index in [-0.39, 0.29) is 5.91 Å². The summed E-state index contributed by atoms with van der Waals surface area (Å²) in [6.45, 7) is 7.52. The number of carbonyl (C=O) groups excluding carboxylic acids is 2. The van der Waals surface area contributed by atoms with Crippen molar-refractivity contribution in [1.82, 2.24) is 19.4 Å². The van der Waals surface area contributed by atoms with Gasteiger partial charge in [0, 0.05) is 25.0 Å². The van der Waals surface area contributed by atoms with Crippen molar-refractivity contribution < 1.29 is 14.3 Å². The summed E-state index contributed by atoms with van der Waals surface area (Å²) in [5.41, 5.74) is 3.26. The smallest absolute Gasteiger partial charge is 0.355 e. The van der Waals surface area contributed by atoms with Crippen molar-refractivity contribution in [3.63, 3.8) is 0 Å². The van der Waals surface area contributed by atoms with Crippen LogP contribution >= 0.6 is 0 Å². The number of aromatic nitrogens is 3. The second kappa shape index (κ2) is 5.91. The number of nitrogens with one attached hydrogen (secondary N) is 1. The van der Waals surface area contributed by atoms with Crippen LogP contribution in [0.5, 0.6) is 0 Å². The Morgan fingerprint density at radius 1 is 1.35 bits per heavy atom. The maximum atomic E-state index is 12.9. The molecule has 0 unspecified atom stereocenters. The number of ether oxygens (including phenoxy) is 1. The Labute approximate surface area is 134 Å². The second-order valence-electron chi connectivity index (χ2n) is 5.65. The van der Waals surface area contributed by atoms with Crippen LogP contribution in [0.4, 0.5) is 0 Å². The summed E-state index contributed by atoms with van der Waals surface area (Å²) in [6, 6.07) is 0. The summed E-state index contributed by atoms with van der Waals surface area (Å²) in [4.78, 5) is 33.7. The molecule has 0 aromatic carbocycles. The van der Waals surface area contributed by atoms with Crippen LogP contribution < -0.4 is 0 Å². The predicted molar refractivity (Wildman–Crippen MR) is 83.2 cm³/mol. The van der Waals surface area contributed by atoms with Gasteiger partial charge in [0.15, 0.2) is 0 Å². The van der Waals surface area contributed by atoms with Crippen molar-refractivity contribution in [1.29, 1.82) is 0 Å². The van der Waals surface area contributed by atoms with Crippen LogP contribution in [0.3, 0.4) is 0 Å². The number of H-pyrrole nitrogens is 1. The number of esters is 1. The zero-order valence-corrected chi connectivity index (χ0v) is 13.5. The largest absolute Gasteiger partial charge is 0.461 e. The quantitative estimate of drug-likeness (QED) is 0.873. The van der Waals surface area contributed by atoms with Crippen molar-refractivity contribution in [3.05, 3.63) is 40.7 Å². The molecule has 3 heterocycles. The number of hydrogen-bond acceptors (Lipinski definition) is 4. The van der Waals surface area contributed by atoms with E-state index in [1.54, 1.807) is 38.2 Å². The number of aryl methyl sites for hydroxylation is 1. The van der Waals surface area contributed by atoms with E-state index in [1.165, 1.54) is 0 Å². The molecule has 0 radical (unpaired) electrons. The van der Waals surface area contributed by atoms with E-state index in [0.29, 0.717) is 42.2 Å². The minimum atomic E-state index is -0.427. The SMILES string of the molecule is CCOC(=O)c1[nH]c(C)c(C(=O)N2CCn3cncc3C2)c1C. The average molecular weight is 316 g/mol. The Bertz CT molecular complexity index is 759. The summed E-state index contributed by atoms with van der Waals surface area (Å²) in [7, 11) is 0. The maximum absolute atomic E-state index is 12.9. The van der Waals surface area contributed by atoms with Crippen LogP contribution in [0.25, 0.3) is 0 Å². The number of nitrogens with zero attached hydrogens (tertiary/aromatic N) is 3. The van der Waals surface area contributed by atoms with Crippen LogP contribution in [0.15, 0.2) is 12.5 Å². The standard InChI is InChI=1S/C16H20N4O3/c1-4-23-16(22)14-10(2)13(11(3)18-14)15(21)19-5-6-20-9-17-7-12(20)8-19/h7,9,18H,4-6,8H2,1-3H3. The Kier molecular flexibility index (Phi) is 3.94. The molecule has 1 amide bonds. The summed E-state index contributed by atoms with van der Waals surface area (Å²) in [6.07, 6.45) is 3.56. The molecule has 7 nitrogen and oxygen atoms in total. The van der Waals surface area contributed by atoms with Gasteiger partial charge in [-0.25, -0.2) is 9.78 Å². The van der Waals surface area contributed by atoms with Crippen LogP contribution in [0, 0.1) is 13.8 Å². The zero-order valence-electron chi connectivity index (χ0n) is 13.5. The molecule has 122 valence electrons. The molecule has 0 saturated heterocycles. The third-order valence-electron chi connectivity index (χ3n) is 4.18. The minimum Gasteiger partial charge on any atom is -0.461 e. The Hall–Kier alpha value is -2.57. The van der Waals surface area contributed by atoms with Gasteiger partial charge in [-0.3, -0.25) is 4.79 Å². The van der Waals surface area contributed by atoms with E-state index >= 15 is 0 Å². The van der Waals surface area contributed by atoms with Gasteiger partial charge in [-0.05, 0) is 26.3 Å². The molecule has 7 heteroatoms. The molecule has 0 bridgehead atoms. The Balaban J connectivity index is 1.87. The van der Waals surface area contributed by atoms with Crippen LogP contribution in [0.1, 0.15) is 44.7 Å². The number of carbonyl (C=O) groups is 2. The lowest BCUT2D eigenvalue weighted by atomic mass is 10.1. The number of aromatic amines is 1. The van der Waals surface area contributed by atoms with Crippen LogP contribution in [-0.4, -0.2) is 44.5 Å². The summed E-state index contributed by atoms with van der Waals surface area (Å²) in [5.74, 6) is -0.497. The van der Waals surface area contributed by atoms with Gasteiger partial charge in [-0.15, -0.1) is 0 Å². The van der Waals surface area contributed by atoms with Crippen LogP contribution in [0.2, 0.25) is 0 Å². The molecule has 0 fully saturated rings. The van der Waals surface area contributed by atoms with Gasteiger partial charge in [0.05, 0.1) is 30.7 Å². The number of amides is 1. The topological polar surface area (TPSA) is 80.2 Å². The first-order valence-corrected chi connectivity index (χ1v) is 7.67. The van der Waals surface area contributed by atoms with E-state index in [0.717, 1.165) is 12.2 Å². The number of fused-ring (bicyclic) bond motifs is 1. The van der Waals surface area contributed by atoms with Crippen molar-refractivity contribution in [2.45, 2.75) is 33.9 Å². The molecule has 2 aromatic rings. The molecule has 23 heavy (non-hydrogen) atoms. The van der Waals surface area contributed by atoms with E-state index < -0.39 is 5.97 Å². The van der Waals surface area contributed by atoms with Crippen molar-refractivity contribution >= 4 is 11.9 Å². The number of hydrogen-bond donors (Lipinski definition) is 1. The molecule has 2 aromatic heterocycles. The molecule has 0 spiro atoms. The lowest BCUT2D eigenvalue weighted by molar-refractivity contribution is 0.0519. The second-order valence-corrected chi connectivity index (χ2v) is 5.65. The average Bonchev–Trinajstić information content (AvgIpc) is 3.10. The minimum absolute atomic E-state index is 0.0701. The highest BCUT2D eigenvalue weighted by molar-refractivity contribution is 6.01. The van der Waals surface area contributed by atoms with Gasteiger partial charge in [-0.2, -0.15) is 0 Å². The van der Waals surface area contributed by atoms with Gasteiger partial charge >= 0.3 is 5.97 Å². The normalized spacial score (nSPS) is 13.8. The number of rotatable bonds is 3. The number of imidazole rings is 1. The van der Waals surface area contributed by atoms with Crippen molar-refractivity contribution in [3.8, 4) is 0 Å². The summed E-state index contributed by atoms with van der Waals surface area (Å²) >= 11 is 0. The molecule has 0 aliphatic carbocycles. The fraction of sp³-hybridized carbons (Fsp3) is 0.438. The van der Waals surface area contributed by atoms with Gasteiger partial charge in [0.2, 0.25) is 0 Å². The van der Waals surface area contributed by atoms with E-state index in [9.17, 15) is 9.59 Å². The fourth-order valence-corrected chi connectivity index (χ4v) is 2.99. The predicted octanol–water partition coefficient (Wildman–Crippen LogP) is 1.66. The summed E-state index contributed by atoms with van der Waals surface area (Å²) in [5, 5.41) is 0. The molecular formula is C16H20N4O3. The van der Waals surface area contributed by atoms with Gasteiger partial charge in [0.25, 0.3) is 5.91 Å². The first-order chi connectivity index (χ1) is 11.0. The zero-order chi connectivity index (χ0) is 16.6. The first-order valence-electron chi connectivity index (χ1n) is 7.67. The highest BCUT2D eigenvalue weighted by Crippen LogP contribution is 2.23. The highest BCUT2D eigenvalue weighted by atomic mass is 16.5. The van der Waals surface area contributed by atoms with E-state index in [1.807, 2.05) is 4.57 Å². The van der Waals surface area contributed by atoms with Crippen molar-refractivity contribution in [2.24, 2.45) is 0 Å². The summed E-state index contributed by atoms with van der Waals surface area (Å²) < 4.78 is 7.08. The molecular weight excluding hydrogens is 296 g/mol. The molecule has 1 aliphatic rings. The molecule has 0 saturated carbocycles. The lowest BCUT2D eigenvalue weighted by Crippen LogP contribution is -2.38. The molecule has 0 atom stereocenters. The van der Waals surface area contributed by atoms with Crippen LogP contribution in [-0.2, 0) is 17.8 Å². The monoisotopic (exact) mass is 316 g/mol. The van der Waals surface area contributed by atoms with Gasteiger partial charge in [-0.1, -0.05) is 0 Å². The lowest BCUT2D eigenvalue weighted by Gasteiger charge is -2.28. The molecule has 1 aliphatic heterocycles. The van der Waals surface area contributed by atoms with E-state index in [4.69, 9.17) is 4.74 Å². The highest BCUT2D eigenvalue weighted by Gasteiger charge is 2.28. The van der Waals surface area contributed by atoms with Crippen molar-refractivity contribution in [2.75, 3.05) is 13.2 Å². The fourth-order valence-electron chi connectivity index (χ4n) is 2.99. The third-order valence-corrected chi connectivity index (χ3v) is 4.18.